The first-order valence-corrected chi connectivity index (χ1v) is 13.4. The number of carbonyl (C=O) groups excluding carboxylic acids is 2. The molecule has 0 radical (unpaired) electrons. The zero-order valence-corrected chi connectivity index (χ0v) is 22.5. The second-order valence-electron chi connectivity index (χ2n) is 10.7. The van der Waals surface area contributed by atoms with Gasteiger partial charge in [0.2, 0.25) is 0 Å². The van der Waals surface area contributed by atoms with Crippen LogP contribution in [0.5, 0.6) is 0 Å². The topological polar surface area (TPSA) is 96.9 Å². The number of ether oxygens (including phenoxy) is 2. The first-order valence-electron chi connectivity index (χ1n) is 13.4. The number of pyridine rings is 2. The number of rotatable bonds is 6. The molecule has 2 fully saturated rings. The van der Waals surface area contributed by atoms with Crippen molar-refractivity contribution in [3.63, 3.8) is 0 Å². The van der Waals surface area contributed by atoms with Gasteiger partial charge in [0.1, 0.15) is 22.8 Å². The molecule has 0 bridgehead atoms. The van der Waals surface area contributed by atoms with Crippen LogP contribution in [0.1, 0.15) is 70.2 Å². The Morgan fingerprint density at radius 1 is 1.05 bits per heavy atom. The lowest BCUT2D eigenvalue weighted by Crippen LogP contribution is -2.50. The van der Waals surface area contributed by atoms with Crippen LogP contribution in [0.2, 0.25) is 0 Å². The fourth-order valence-corrected chi connectivity index (χ4v) is 4.77. The molecule has 0 aromatic carbocycles. The van der Waals surface area contributed by atoms with E-state index >= 15 is 0 Å². The van der Waals surface area contributed by atoms with Crippen molar-refractivity contribution < 1.29 is 19.1 Å². The van der Waals surface area contributed by atoms with Crippen molar-refractivity contribution in [1.82, 2.24) is 14.9 Å². The number of hydrogen-bond donors (Lipinski definition) is 1. The zero-order chi connectivity index (χ0) is 26.4. The minimum Gasteiger partial charge on any atom is -0.462 e. The molecule has 4 rings (SSSR count). The maximum absolute atomic E-state index is 12.8. The molecule has 0 unspecified atom stereocenters. The average Bonchev–Trinajstić information content (AvgIpc) is 2.88. The number of amides is 1. The predicted octanol–water partition coefficient (Wildman–Crippen LogP) is 5.12. The molecule has 1 saturated heterocycles. The molecular weight excluding hydrogens is 470 g/mol. The normalized spacial score (nSPS) is 16.9. The van der Waals surface area contributed by atoms with Gasteiger partial charge in [-0.1, -0.05) is 19.3 Å². The standard InChI is InChI=1S/C28H39N5O4/c1-5-36-26(34)22-11-12-23(20-13-14-29-24(19-20)30-21-9-7-6-8-10-21)31-25(22)32-15-17-33(18-16-32)27(35)37-28(2,3)4/h11-14,19,21H,5-10,15-18H2,1-4H3,(H,29,30). The van der Waals surface area contributed by atoms with Crippen LogP contribution in [-0.4, -0.2) is 71.4 Å². The number of hydrogen-bond acceptors (Lipinski definition) is 8. The van der Waals surface area contributed by atoms with Gasteiger partial charge in [0, 0.05) is 44.0 Å². The second kappa shape index (κ2) is 11.8. The number of carbonyl (C=O) groups is 2. The average molecular weight is 510 g/mol. The van der Waals surface area contributed by atoms with Crippen molar-refractivity contribution in [2.75, 3.05) is 43.0 Å². The zero-order valence-electron chi connectivity index (χ0n) is 22.5. The summed E-state index contributed by atoms with van der Waals surface area (Å²) in [6.07, 6.45) is 7.60. The van der Waals surface area contributed by atoms with Crippen LogP contribution >= 0.6 is 0 Å². The van der Waals surface area contributed by atoms with Gasteiger partial charge in [-0.05, 0) is 64.8 Å². The third kappa shape index (κ3) is 7.11. The molecule has 1 saturated carbocycles. The van der Waals surface area contributed by atoms with E-state index < -0.39 is 11.6 Å². The summed E-state index contributed by atoms with van der Waals surface area (Å²) in [5.41, 5.74) is 1.56. The number of anilines is 2. The van der Waals surface area contributed by atoms with Crippen molar-refractivity contribution in [1.29, 1.82) is 0 Å². The van der Waals surface area contributed by atoms with Crippen molar-refractivity contribution in [3.05, 3.63) is 36.0 Å². The fourth-order valence-electron chi connectivity index (χ4n) is 4.77. The number of nitrogens with zero attached hydrogens (tertiary/aromatic N) is 4. The molecule has 37 heavy (non-hydrogen) atoms. The summed E-state index contributed by atoms with van der Waals surface area (Å²) in [6.45, 7) is 9.68. The Bertz CT molecular complexity index is 1090. The molecule has 1 aliphatic carbocycles. The number of esters is 1. The molecule has 1 amide bonds. The van der Waals surface area contributed by atoms with Crippen molar-refractivity contribution in [3.8, 4) is 11.3 Å². The van der Waals surface area contributed by atoms with E-state index in [1.165, 1.54) is 19.3 Å². The van der Waals surface area contributed by atoms with Gasteiger partial charge in [-0.25, -0.2) is 19.6 Å². The summed E-state index contributed by atoms with van der Waals surface area (Å²) in [5, 5.41) is 3.57. The largest absolute Gasteiger partial charge is 0.462 e. The van der Waals surface area contributed by atoms with Crippen molar-refractivity contribution >= 4 is 23.7 Å². The molecule has 1 N–H and O–H groups in total. The van der Waals surface area contributed by atoms with E-state index in [4.69, 9.17) is 14.5 Å². The van der Waals surface area contributed by atoms with Crippen LogP contribution in [0.3, 0.4) is 0 Å². The molecule has 9 nitrogen and oxygen atoms in total. The van der Waals surface area contributed by atoms with Gasteiger partial charge in [-0.3, -0.25) is 0 Å². The summed E-state index contributed by atoms with van der Waals surface area (Å²) in [5.74, 6) is 1.01. The fraction of sp³-hybridized carbons (Fsp3) is 0.571. The van der Waals surface area contributed by atoms with Crippen molar-refractivity contribution in [2.45, 2.75) is 71.4 Å². The molecular formula is C28H39N5O4. The van der Waals surface area contributed by atoms with E-state index in [9.17, 15) is 9.59 Å². The third-order valence-corrected chi connectivity index (χ3v) is 6.61. The number of nitrogens with one attached hydrogen (secondary N) is 1. The lowest BCUT2D eigenvalue weighted by molar-refractivity contribution is 0.0239. The van der Waals surface area contributed by atoms with Crippen LogP contribution in [0.25, 0.3) is 11.3 Å². The Hall–Kier alpha value is -3.36. The Kier molecular flexibility index (Phi) is 8.51. The van der Waals surface area contributed by atoms with Crippen molar-refractivity contribution in [2.24, 2.45) is 0 Å². The molecule has 2 aromatic heterocycles. The first kappa shape index (κ1) is 26.7. The summed E-state index contributed by atoms with van der Waals surface area (Å²) in [4.78, 5) is 38.5. The lowest BCUT2D eigenvalue weighted by Gasteiger charge is -2.36. The SMILES string of the molecule is CCOC(=O)c1ccc(-c2ccnc(NC3CCCCC3)c2)nc1N1CCN(C(=O)OC(C)(C)C)CC1. The Labute approximate surface area is 219 Å². The quantitative estimate of drug-likeness (QED) is 0.536. The van der Waals surface area contributed by atoms with E-state index in [-0.39, 0.29) is 12.7 Å². The number of piperazine rings is 1. The molecule has 2 aromatic rings. The van der Waals surface area contributed by atoms with E-state index in [0.717, 1.165) is 29.9 Å². The highest BCUT2D eigenvalue weighted by atomic mass is 16.6. The highest BCUT2D eigenvalue weighted by Crippen LogP contribution is 2.28. The summed E-state index contributed by atoms with van der Waals surface area (Å²) in [6, 6.07) is 8.04. The molecule has 0 spiro atoms. The minimum absolute atomic E-state index is 0.285. The highest BCUT2D eigenvalue weighted by molar-refractivity contribution is 5.95. The summed E-state index contributed by atoms with van der Waals surface area (Å²) >= 11 is 0. The van der Waals surface area contributed by atoms with E-state index in [2.05, 4.69) is 10.3 Å². The number of aromatic nitrogens is 2. The van der Waals surface area contributed by atoms with Crippen LogP contribution in [0.4, 0.5) is 16.4 Å². The van der Waals surface area contributed by atoms with Crippen LogP contribution in [0, 0.1) is 0 Å². The Morgan fingerprint density at radius 2 is 1.78 bits per heavy atom. The van der Waals surface area contributed by atoms with E-state index in [1.54, 1.807) is 24.1 Å². The maximum atomic E-state index is 12.8. The van der Waals surface area contributed by atoms with Gasteiger partial charge in [0.15, 0.2) is 0 Å². The summed E-state index contributed by atoms with van der Waals surface area (Å²) in [7, 11) is 0. The molecule has 9 heteroatoms. The molecule has 1 aliphatic heterocycles. The van der Waals surface area contributed by atoms with Gasteiger partial charge < -0.3 is 24.6 Å². The minimum atomic E-state index is -0.545. The predicted molar refractivity (Wildman–Crippen MR) is 144 cm³/mol. The van der Waals surface area contributed by atoms with Crippen LogP contribution in [0.15, 0.2) is 30.5 Å². The second-order valence-corrected chi connectivity index (χ2v) is 10.7. The maximum Gasteiger partial charge on any atom is 0.410 e. The Balaban J connectivity index is 1.55. The van der Waals surface area contributed by atoms with Gasteiger partial charge >= 0.3 is 12.1 Å². The van der Waals surface area contributed by atoms with Crippen LogP contribution in [-0.2, 0) is 9.47 Å². The monoisotopic (exact) mass is 509 g/mol. The molecule has 200 valence electrons. The first-order chi connectivity index (χ1) is 17.7. The summed E-state index contributed by atoms with van der Waals surface area (Å²) < 4.78 is 10.8. The third-order valence-electron chi connectivity index (χ3n) is 6.61. The van der Waals surface area contributed by atoms with Gasteiger partial charge in [0.25, 0.3) is 0 Å². The smallest absolute Gasteiger partial charge is 0.410 e. The highest BCUT2D eigenvalue weighted by Gasteiger charge is 2.29. The van der Waals surface area contributed by atoms with E-state index in [0.29, 0.717) is 43.6 Å². The van der Waals surface area contributed by atoms with Gasteiger partial charge in [0.05, 0.1) is 12.3 Å². The van der Waals surface area contributed by atoms with Crippen LogP contribution < -0.4 is 10.2 Å². The molecule has 3 heterocycles. The van der Waals surface area contributed by atoms with Gasteiger partial charge in [-0.2, -0.15) is 0 Å². The molecule has 2 aliphatic rings. The Morgan fingerprint density at radius 3 is 2.46 bits per heavy atom. The van der Waals surface area contributed by atoms with Gasteiger partial charge in [-0.15, -0.1) is 0 Å². The lowest BCUT2D eigenvalue weighted by atomic mass is 9.95. The molecule has 0 atom stereocenters. The van der Waals surface area contributed by atoms with E-state index in [1.807, 2.05) is 43.9 Å².